The molecule has 1 atom stereocenters. The molecule has 4 heteroatoms. The summed E-state index contributed by atoms with van der Waals surface area (Å²) in [6, 6.07) is 1.38. The fourth-order valence-corrected chi connectivity index (χ4v) is 2.60. The molecule has 1 amide bonds. The molecule has 0 aromatic carbocycles. The van der Waals surface area contributed by atoms with Gasteiger partial charge >= 0.3 is 0 Å². The molecule has 4 nitrogen and oxygen atoms in total. The van der Waals surface area contributed by atoms with Crippen molar-refractivity contribution in [2.45, 2.75) is 71.5 Å². The summed E-state index contributed by atoms with van der Waals surface area (Å²) in [6.07, 6.45) is 4.46. The minimum absolute atomic E-state index is 0.177. The Kier molecular flexibility index (Phi) is 7.39. The Hall–Kier alpha value is -0.610. The number of nitrogens with zero attached hydrogens (tertiary/aromatic N) is 1. The van der Waals surface area contributed by atoms with Crippen LogP contribution in [0.4, 0.5) is 0 Å². The Morgan fingerprint density at radius 1 is 1.21 bits per heavy atom. The Bertz CT molecular complexity index is 266. The Morgan fingerprint density at radius 3 is 2.58 bits per heavy atom. The van der Waals surface area contributed by atoms with Crippen LogP contribution in [0.15, 0.2) is 0 Å². The first-order valence-corrected chi connectivity index (χ1v) is 7.76. The first-order valence-electron chi connectivity index (χ1n) is 7.76. The monoisotopic (exact) mass is 269 g/mol. The van der Waals surface area contributed by atoms with Crippen LogP contribution in [0.25, 0.3) is 0 Å². The maximum Gasteiger partial charge on any atom is 0.221 e. The minimum atomic E-state index is 0.177. The summed E-state index contributed by atoms with van der Waals surface area (Å²) in [7, 11) is 0. The van der Waals surface area contributed by atoms with Gasteiger partial charge in [-0.15, -0.1) is 0 Å². The largest absolute Gasteiger partial charge is 0.354 e. The fraction of sp³-hybridized carbons (Fsp3) is 0.933. The highest BCUT2D eigenvalue weighted by atomic mass is 16.1. The van der Waals surface area contributed by atoms with Gasteiger partial charge in [0, 0.05) is 37.6 Å². The molecule has 0 aromatic heterocycles. The molecule has 1 rings (SSSR count). The van der Waals surface area contributed by atoms with Crippen molar-refractivity contribution in [1.82, 2.24) is 15.5 Å². The predicted octanol–water partition coefficient (Wildman–Crippen LogP) is 1.75. The predicted molar refractivity (Wildman–Crippen MR) is 80.2 cm³/mol. The second-order valence-electron chi connectivity index (χ2n) is 6.22. The van der Waals surface area contributed by atoms with E-state index in [1.165, 1.54) is 19.3 Å². The lowest BCUT2D eigenvalue weighted by atomic mass is 10.0. The third-order valence-electron chi connectivity index (χ3n) is 3.59. The smallest absolute Gasteiger partial charge is 0.221 e. The number of carbonyl (C=O) groups is 1. The van der Waals surface area contributed by atoms with Gasteiger partial charge in [-0.1, -0.05) is 20.3 Å². The van der Waals surface area contributed by atoms with Crippen molar-refractivity contribution in [3.8, 4) is 0 Å². The Morgan fingerprint density at radius 2 is 1.95 bits per heavy atom. The number of likely N-dealkylation sites (tertiary alicyclic amines) is 1. The van der Waals surface area contributed by atoms with Crippen molar-refractivity contribution in [2.24, 2.45) is 0 Å². The van der Waals surface area contributed by atoms with Crippen molar-refractivity contribution in [3.05, 3.63) is 0 Å². The van der Waals surface area contributed by atoms with E-state index >= 15 is 0 Å². The summed E-state index contributed by atoms with van der Waals surface area (Å²) in [4.78, 5) is 14.2. The van der Waals surface area contributed by atoms with Crippen molar-refractivity contribution in [3.63, 3.8) is 0 Å². The zero-order valence-electron chi connectivity index (χ0n) is 13.0. The van der Waals surface area contributed by atoms with Gasteiger partial charge in [-0.2, -0.15) is 0 Å². The third-order valence-corrected chi connectivity index (χ3v) is 3.59. The highest BCUT2D eigenvalue weighted by molar-refractivity contribution is 5.76. The molecule has 1 heterocycles. The topological polar surface area (TPSA) is 44.4 Å². The van der Waals surface area contributed by atoms with Crippen molar-refractivity contribution < 1.29 is 4.79 Å². The molecule has 0 aromatic rings. The molecule has 2 N–H and O–H groups in total. The quantitative estimate of drug-likeness (QED) is 0.740. The van der Waals surface area contributed by atoms with Crippen LogP contribution in [0.5, 0.6) is 0 Å². The van der Waals surface area contributed by atoms with E-state index in [9.17, 15) is 4.79 Å². The number of hydrogen-bond donors (Lipinski definition) is 2. The van der Waals surface area contributed by atoms with Gasteiger partial charge in [0.2, 0.25) is 5.91 Å². The van der Waals surface area contributed by atoms with Crippen LogP contribution < -0.4 is 10.6 Å². The number of rotatable bonds is 7. The van der Waals surface area contributed by atoms with E-state index in [1.54, 1.807) is 0 Å². The maximum absolute atomic E-state index is 11.7. The molecular weight excluding hydrogens is 238 g/mol. The summed E-state index contributed by atoms with van der Waals surface area (Å²) in [6.45, 7) is 11.5. The molecule has 1 saturated heterocycles. The molecule has 0 saturated carbocycles. The summed E-state index contributed by atoms with van der Waals surface area (Å²) >= 11 is 0. The lowest BCUT2D eigenvalue weighted by molar-refractivity contribution is -0.122. The molecule has 0 spiro atoms. The molecule has 0 bridgehead atoms. The van der Waals surface area contributed by atoms with Gasteiger partial charge in [0.15, 0.2) is 0 Å². The maximum atomic E-state index is 11.7. The molecule has 1 aliphatic heterocycles. The lowest BCUT2D eigenvalue weighted by Gasteiger charge is -2.36. The van der Waals surface area contributed by atoms with E-state index in [0.29, 0.717) is 18.5 Å². The first kappa shape index (κ1) is 16.4. The second kappa shape index (κ2) is 8.54. The van der Waals surface area contributed by atoms with Gasteiger partial charge in [0.25, 0.3) is 0 Å². The molecule has 0 radical (unpaired) electrons. The number of piperidine rings is 1. The van der Waals surface area contributed by atoms with Gasteiger partial charge < -0.3 is 10.6 Å². The van der Waals surface area contributed by atoms with Gasteiger partial charge in [-0.05, 0) is 33.2 Å². The van der Waals surface area contributed by atoms with E-state index in [-0.39, 0.29) is 11.9 Å². The van der Waals surface area contributed by atoms with E-state index in [1.807, 2.05) is 13.8 Å². The van der Waals surface area contributed by atoms with Crippen LogP contribution in [-0.2, 0) is 4.79 Å². The number of nitrogens with one attached hydrogen (secondary N) is 2. The first-order chi connectivity index (χ1) is 8.99. The normalized spacial score (nSPS) is 21.1. The van der Waals surface area contributed by atoms with Crippen molar-refractivity contribution >= 4 is 5.91 Å². The summed E-state index contributed by atoms with van der Waals surface area (Å²) < 4.78 is 0. The zero-order valence-corrected chi connectivity index (χ0v) is 13.0. The van der Waals surface area contributed by atoms with Crippen LogP contribution in [0, 0.1) is 0 Å². The average molecular weight is 269 g/mol. The highest BCUT2D eigenvalue weighted by Gasteiger charge is 2.22. The SMILES string of the molecule is CC(C)NCC1CCCCN1CCC(=O)NC(C)C. The third kappa shape index (κ3) is 6.92. The van der Waals surface area contributed by atoms with Gasteiger partial charge in [0.05, 0.1) is 0 Å². The summed E-state index contributed by atoms with van der Waals surface area (Å²) in [5, 5.41) is 6.49. The van der Waals surface area contributed by atoms with Gasteiger partial charge in [-0.3, -0.25) is 9.69 Å². The summed E-state index contributed by atoms with van der Waals surface area (Å²) in [5.41, 5.74) is 0. The van der Waals surface area contributed by atoms with Gasteiger partial charge in [-0.25, -0.2) is 0 Å². The number of amides is 1. The van der Waals surface area contributed by atoms with Crippen LogP contribution in [0.1, 0.15) is 53.4 Å². The zero-order chi connectivity index (χ0) is 14.3. The van der Waals surface area contributed by atoms with Crippen LogP contribution in [0.3, 0.4) is 0 Å². The van der Waals surface area contributed by atoms with Gasteiger partial charge in [0.1, 0.15) is 0 Å². The second-order valence-corrected chi connectivity index (χ2v) is 6.22. The number of carbonyl (C=O) groups excluding carboxylic acids is 1. The molecule has 19 heavy (non-hydrogen) atoms. The van der Waals surface area contributed by atoms with Crippen molar-refractivity contribution in [1.29, 1.82) is 0 Å². The minimum Gasteiger partial charge on any atom is -0.354 e. The van der Waals surface area contributed by atoms with Crippen LogP contribution in [0.2, 0.25) is 0 Å². The van der Waals surface area contributed by atoms with E-state index in [2.05, 4.69) is 29.4 Å². The molecule has 1 aliphatic rings. The lowest BCUT2D eigenvalue weighted by Crippen LogP contribution is -2.48. The molecular formula is C15H31N3O. The Balaban J connectivity index is 2.33. The molecule has 1 fully saturated rings. The molecule has 1 unspecified atom stereocenters. The molecule has 112 valence electrons. The average Bonchev–Trinajstić information content (AvgIpc) is 2.34. The molecule has 0 aliphatic carbocycles. The highest BCUT2D eigenvalue weighted by Crippen LogP contribution is 2.16. The van der Waals surface area contributed by atoms with E-state index in [4.69, 9.17) is 0 Å². The fourth-order valence-electron chi connectivity index (χ4n) is 2.60. The van der Waals surface area contributed by atoms with Crippen molar-refractivity contribution in [2.75, 3.05) is 19.6 Å². The van der Waals surface area contributed by atoms with Crippen LogP contribution in [-0.4, -0.2) is 48.6 Å². The van der Waals surface area contributed by atoms with E-state index in [0.717, 1.165) is 19.6 Å². The Labute approximate surface area is 118 Å². The van der Waals surface area contributed by atoms with E-state index < -0.39 is 0 Å². The van der Waals surface area contributed by atoms with Crippen LogP contribution >= 0.6 is 0 Å². The summed E-state index contributed by atoms with van der Waals surface area (Å²) in [5.74, 6) is 0.177. The number of hydrogen-bond acceptors (Lipinski definition) is 3. The standard InChI is InChI=1S/C15H31N3O/c1-12(2)16-11-14-7-5-6-9-18(14)10-8-15(19)17-13(3)4/h12-14,16H,5-11H2,1-4H3,(H,17,19).